The molecule has 8 heteroatoms. The van der Waals surface area contributed by atoms with Crippen LogP contribution in [0.15, 0.2) is 78.9 Å². The van der Waals surface area contributed by atoms with E-state index in [4.69, 9.17) is 9.84 Å². The third-order valence-electron chi connectivity index (χ3n) is 8.17. The summed E-state index contributed by atoms with van der Waals surface area (Å²) in [4.78, 5) is 28.2. The lowest BCUT2D eigenvalue weighted by molar-refractivity contribution is 0.0895. The number of ketones is 1. The number of aromatic nitrogens is 2. The number of carbonyl (C=O) groups is 2. The number of likely N-dealkylation sites (tertiary alicyclic amines) is 1. The summed E-state index contributed by atoms with van der Waals surface area (Å²) in [5.41, 5.74) is 5.40. The van der Waals surface area contributed by atoms with Crippen molar-refractivity contribution in [2.24, 2.45) is 5.92 Å². The van der Waals surface area contributed by atoms with Gasteiger partial charge in [-0.1, -0.05) is 62.7 Å². The molecule has 0 bridgehead atoms. The monoisotopic (exact) mass is 593 g/mol. The van der Waals surface area contributed by atoms with E-state index in [1.165, 1.54) is 5.56 Å². The van der Waals surface area contributed by atoms with Gasteiger partial charge in [0.25, 0.3) is 0 Å². The lowest BCUT2D eigenvalue weighted by atomic mass is 9.90. The average Bonchev–Trinajstić information content (AvgIpc) is 3.43. The topological polar surface area (TPSA) is 88.5 Å². The summed E-state index contributed by atoms with van der Waals surface area (Å²) < 4.78 is 7.05. The molecule has 0 atom stereocenters. The molecule has 0 unspecified atom stereocenters. The number of carbonyl (C=O) groups excluding carboxylic acids is 2. The number of piperidine rings is 1. The fraction of sp³-hybridized carbons (Fsp3) is 0.361. The van der Waals surface area contributed by atoms with Gasteiger partial charge in [-0.05, 0) is 87.2 Å². The summed E-state index contributed by atoms with van der Waals surface area (Å²) in [6.45, 7) is 10.6. The molecular formula is C36H43N5O3. The van der Waals surface area contributed by atoms with E-state index < -0.39 is 0 Å². The Balaban J connectivity index is 1.16. The SMILES string of the molecule is COc1cccc(C(=O)CN2CCC(Cc3cccc(NC(=O)Nc4cc(C(C)(C)C)nn4-c4ccc(C)cc4)c3)CC2)c1. The minimum Gasteiger partial charge on any atom is -0.497 e. The molecule has 0 radical (unpaired) electrons. The second-order valence-electron chi connectivity index (χ2n) is 12.8. The van der Waals surface area contributed by atoms with Crippen LogP contribution < -0.4 is 15.4 Å². The van der Waals surface area contributed by atoms with Crippen molar-refractivity contribution in [2.45, 2.75) is 52.4 Å². The highest BCUT2D eigenvalue weighted by molar-refractivity contribution is 5.99. The van der Waals surface area contributed by atoms with Crippen LogP contribution in [0.1, 0.15) is 60.8 Å². The van der Waals surface area contributed by atoms with Crippen molar-refractivity contribution < 1.29 is 14.3 Å². The molecule has 3 aromatic carbocycles. The minimum atomic E-state index is -0.315. The van der Waals surface area contributed by atoms with Crippen LogP contribution in [0.3, 0.4) is 0 Å². The van der Waals surface area contributed by atoms with E-state index in [9.17, 15) is 9.59 Å². The van der Waals surface area contributed by atoms with Gasteiger partial charge in [-0.25, -0.2) is 9.48 Å². The van der Waals surface area contributed by atoms with Crippen molar-refractivity contribution in [1.82, 2.24) is 14.7 Å². The van der Waals surface area contributed by atoms with Gasteiger partial charge in [-0.2, -0.15) is 5.10 Å². The van der Waals surface area contributed by atoms with Gasteiger partial charge >= 0.3 is 6.03 Å². The van der Waals surface area contributed by atoms with Crippen molar-refractivity contribution in [3.63, 3.8) is 0 Å². The normalized spacial score (nSPS) is 14.3. The quantitative estimate of drug-likeness (QED) is 0.199. The Morgan fingerprint density at radius 2 is 1.66 bits per heavy atom. The summed E-state index contributed by atoms with van der Waals surface area (Å²) in [6.07, 6.45) is 3.00. The number of aryl methyl sites for hydroxylation is 1. The van der Waals surface area contributed by atoms with Crippen LogP contribution in [0.5, 0.6) is 5.75 Å². The van der Waals surface area contributed by atoms with Crippen molar-refractivity contribution >= 4 is 23.3 Å². The lowest BCUT2D eigenvalue weighted by Gasteiger charge is -2.31. The summed E-state index contributed by atoms with van der Waals surface area (Å²) in [5.74, 6) is 1.97. The highest BCUT2D eigenvalue weighted by Crippen LogP contribution is 2.27. The van der Waals surface area contributed by atoms with E-state index in [0.717, 1.165) is 55.0 Å². The smallest absolute Gasteiger partial charge is 0.324 e. The zero-order valence-electron chi connectivity index (χ0n) is 26.4. The molecule has 5 rings (SSSR count). The number of nitrogens with one attached hydrogen (secondary N) is 2. The van der Waals surface area contributed by atoms with Gasteiger partial charge in [-0.15, -0.1) is 0 Å². The number of hydrogen-bond acceptors (Lipinski definition) is 5. The van der Waals surface area contributed by atoms with Gasteiger partial charge in [0.05, 0.1) is 25.0 Å². The number of ether oxygens (including phenoxy) is 1. The molecule has 1 fully saturated rings. The van der Waals surface area contributed by atoms with Crippen LogP contribution in [0.4, 0.5) is 16.3 Å². The first kappa shape index (κ1) is 31.0. The van der Waals surface area contributed by atoms with Gasteiger partial charge in [0.1, 0.15) is 11.6 Å². The minimum absolute atomic E-state index is 0.121. The molecule has 0 aliphatic carbocycles. The summed E-state index contributed by atoms with van der Waals surface area (Å²) >= 11 is 0. The standard InChI is InChI=1S/C36H43N5O3/c1-25-12-14-30(15-13-25)41-34(23-33(39-41)36(2,3)4)38-35(43)37-29-10-6-8-27(21-29)20-26-16-18-40(19-17-26)24-32(42)28-9-7-11-31(22-28)44-5/h6-15,21-23,26H,16-20,24H2,1-5H3,(H2,37,38,43). The fourth-order valence-corrected chi connectivity index (χ4v) is 5.55. The maximum absolute atomic E-state index is 13.1. The number of nitrogens with zero attached hydrogens (tertiary/aromatic N) is 3. The van der Waals surface area contributed by atoms with Crippen LogP contribution in [0.2, 0.25) is 0 Å². The third-order valence-corrected chi connectivity index (χ3v) is 8.17. The van der Waals surface area contributed by atoms with E-state index in [1.807, 2.05) is 67.6 Å². The third kappa shape index (κ3) is 7.94. The number of urea groups is 1. The molecule has 44 heavy (non-hydrogen) atoms. The van der Waals surface area contributed by atoms with E-state index in [1.54, 1.807) is 17.9 Å². The molecule has 4 aromatic rings. The van der Waals surface area contributed by atoms with E-state index >= 15 is 0 Å². The first-order valence-corrected chi connectivity index (χ1v) is 15.3. The van der Waals surface area contributed by atoms with Gasteiger partial charge in [0.15, 0.2) is 5.78 Å². The molecule has 1 saturated heterocycles. The first-order chi connectivity index (χ1) is 21.1. The van der Waals surface area contributed by atoms with Gasteiger partial charge in [0, 0.05) is 22.7 Å². The number of amides is 2. The van der Waals surface area contributed by atoms with E-state index in [0.29, 0.717) is 29.6 Å². The fourth-order valence-electron chi connectivity index (χ4n) is 5.55. The Morgan fingerprint density at radius 3 is 2.36 bits per heavy atom. The van der Waals surface area contributed by atoms with Gasteiger partial charge in [-0.3, -0.25) is 15.0 Å². The predicted octanol–water partition coefficient (Wildman–Crippen LogP) is 7.27. The van der Waals surface area contributed by atoms with Crippen LogP contribution in [-0.4, -0.2) is 53.2 Å². The average molecular weight is 594 g/mol. The Bertz CT molecular complexity index is 1590. The molecule has 1 aromatic heterocycles. The zero-order chi connectivity index (χ0) is 31.3. The Labute approximate surface area is 260 Å². The highest BCUT2D eigenvalue weighted by atomic mass is 16.5. The number of anilines is 2. The van der Waals surface area contributed by atoms with Crippen LogP contribution in [-0.2, 0) is 11.8 Å². The van der Waals surface area contributed by atoms with Crippen molar-refractivity contribution in [1.29, 1.82) is 0 Å². The largest absolute Gasteiger partial charge is 0.497 e. The maximum Gasteiger partial charge on any atom is 0.324 e. The molecular weight excluding hydrogens is 550 g/mol. The number of benzene rings is 3. The predicted molar refractivity (Wildman–Crippen MR) is 176 cm³/mol. The number of rotatable bonds is 9. The molecule has 0 saturated carbocycles. The van der Waals surface area contributed by atoms with Crippen molar-refractivity contribution in [3.05, 3.63) is 101 Å². The number of hydrogen-bond donors (Lipinski definition) is 2. The van der Waals surface area contributed by atoms with Crippen molar-refractivity contribution in [2.75, 3.05) is 37.4 Å². The highest BCUT2D eigenvalue weighted by Gasteiger charge is 2.23. The molecule has 8 nitrogen and oxygen atoms in total. The Morgan fingerprint density at radius 1 is 0.932 bits per heavy atom. The maximum atomic E-state index is 13.1. The summed E-state index contributed by atoms with van der Waals surface area (Å²) in [7, 11) is 1.61. The molecule has 0 spiro atoms. The lowest BCUT2D eigenvalue weighted by Crippen LogP contribution is -2.37. The van der Waals surface area contributed by atoms with Crippen LogP contribution >= 0.6 is 0 Å². The summed E-state index contributed by atoms with van der Waals surface area (Å²) in [5, 5.41) is 10.8. The van der Waals surface area contributed by atoms with Gasteiger partial charge in [0.2, 0.25) is 0 Å². The Kier molecular flexibility index (Phi) is 9.49. The molecule has 2 amide bonds. The number of Topliss-reactive ketones (excluding diaryl/α,β-unsaturated/α-hetero) is 1. The Hall–Kier alpha value is -4.43. The first-order valence-electron chi connectivity index (χ1n) is 15.3. The van der Waals surface area contributed by atoms with Crippen molar-refractivity contribution in [3.8, 4) is 11.4 Å². The summed E-state index contributed by atoms with van der Waals surface area (Å²) in [6, 6.07) is 25.1. The van der Waals surface area contributed by atoms with Crippen LogP contribution in [0, 0.1) is 12.8 Å². The molecule has 2 heterocycles. The molecule has 1 aliphatic heterocycles. The number of methoxy groups -OCH3 is 1. The van der Waals surface area contributed by atoms with E-state index in [2.05, 4.69) is 48.4 Å². The second-order valence-corrected chi connectivity index (χ2v) is 12.8. The van der Waals surface area contributed by atoms with E-state index in [-0.39, 0.29) is 17.2 Å². The molecule has 2 N–H and O–H groups in total. The van der Waals surface area contributed by atoms with Crippen LogP contribution in [0.25, 0.3) is 5.69 Å². The molecule has 230 valence electrons. The molecule has 1 aliphatic rings. The second kappa shape index (κ2) is 13.5. The van der Waals surface area contributed by atoms with Gasteiger partial charge < -0.3 is 10.1 Å². The zero-order valence-corrected chi connectivity index (χ0v) is 26.4.